The van der Waals surface area contributed by atoms with Gasteiger partial charge in [-0.05, 0) is 91.7 Å². The lowest BCUT2D eigenvalue weighted by Gasteiger charge is -2.28. The van der Waals surface area contributed by atoms with Crippen molar-refractivity contribution in [2.75, 3.05) is 0 Å². The Bertz CT molecular complexity index is 1110. The van der Waals surface area contributed by atoms with Crippen LogP contribution in [0.5, 0.6) is 5.75 Å². The molecule has 0 aliphatic heterocycles. The molecule has 0 saturated heterocycles. The van der Waals surface area contributed by atoms with Crippen LogP contribution in [-0.4, -0.2) is 0 Å². The molecule has 3 aromatic carbocycles. The third-order valence-electron chi connectivity index (χ3n) is 7.34. The van der Waals surface area contributed by atoms with Crippen LogP contribution in [0.15, 0.2) is 73.0 Å². The first-order valence-corrected chi connectivity index (χ1v) is 13.0. The second-order valence-electron chi connectivity index (χ2n) is 9.77. The normalized spacial score (nSPS) is 18.2. The second-order valence-corrected chi connectivity index (χ2v) is 9.77. The molecule has 0 heterocycles. The van der Waals surface area contributed by atoms with Crippen LogP contribution >= 0.6 is 0 Å². The summed E-state index contributed by atoms with van der Waals surface area (Å²) >= 11 is 0. The van der Waals surface area contributed by atoms with Gasteiger partial charge in [0.2, 0.25) is 5.82 Å². The molecule has 0 spiro atoms. The average molecular weight is 475 g/mol. The van der Waals surface area contributed by atoms with Gasteiger partial charge in [-0.1, -0.05) is 74.4 Å². The van der Waals surface area contributed by atoms with Crippen molar-refractivity contribution >= 4 is 0 Å². The van der Waals surface area contributed by atoms with Crippen molar-refractivity contribution < 1.29 is 13.5 Å². The number of allylic oxidation sites excluding steroid dienone is 1. The summed E-state index contributed by atoms with van der Waals surface area (Å²) < 4.78 is 34.0. The zero-order chi connectivity index (χ0) is 24.6. The van der Waals surface area contributed by atoms with Crippen LogP contribution in [0.1, 0.15) is 75.0 Å². The number of hydrogen-bond donors (Lipinski definition) is 0. The first-order chi connectivity index (χ1) is 17.1. The van der Waals surface area contributed by atoms with E-state index in [0.717, 1.165) is 24.7 Å². The lowest BCUT2D eigenvalue weighted by atomic mass is 9.77. The fourth-order valence-electron chi connectivity index (χ4n) is 5.28. The van der Waals surface area contributed by atoms with Crippen molar-refractivity contribution in [2.45, 2.75) is 71.1 Å². The maximum Gasteiger partial charge on any atom is 0.201 e. The Labute approximate surface area is 208 Å². The molecule has 1 aliphatic rings. The van der Waals surface area contributed by atoms with Gasteiger partial charge in [-0.3, -0.25) is 0 Å². The predicted molar refractivity (Wildman–Crippen MR) is 141 cm³/mol. The summed E-state index contributed by atoms with van der Waals surface area (Å²) in [4.78, 5) is 0. The van der Waals surface area contributed by atoms with Crippen LogP contribution < -0.4 is 4.74 Å². The molecular weight excluding hydrogens is 438 g/mol. The fourth-order valence-corrected chi connectivity index (χ4v) is 5.28. The molecule has 0 aromatic heterocycles. The standard InChI is InChI=1S/C32H36F2O/c1-3-5-23-8-14-26(15-9-23)27-16-10-24(11-17-27)6-7-25-12-18-28(19-13-25)29-20-21-30(35-22-4-2)32(34)31(29)33/h4,10-13,16-23,26H,3,5-9,14-15H2,1-2H3/b22-4+. The predicted octanol–water partition coefficient (Wildman–Crippen LogP) is 9.40. The maximum atomic E-state index is 14.6. The Morgan fingerprint density at radius 2 is 1.43 bits per heavy atom. The van der Waals surface area contributed by atoms with Gasteiger partial charge in [0, 0.05) is 5.56 Å². The Morgan fingerprint density at radius 1 is 0.800 bits per heavy atom. The lowest BCUT2D eigenvalue weighted by molar-refractivity contribution is 0.308. The van der Waals surface area contributed by atoms with Gasteiger partial charge in [-0.25, -0.2) is 4.39 Å². The van der Waals surface area contributed by atoms with Gasteiger partial charge in [0.1, 0.15) is 0 Å². The smallest absolute Gasteiger partial charge is 0.201 e. The Kier molecular flexibility index (Phi) is 8.74. The van der Waals surface area contributed by atoms with Crippen LogP contribution in [0.4, 0.5) is 8.78 Å². The molecule has 0 N–H and O–H groups in total. The van der Waals surface area contributed by atoms with Crippen molar-refractivity contribution in [2.24, 2.45) is 5.92 Å². The first kappa shape index (κ1) is 25.2. The quantitative estimate of drug-likeness (QED) is 0.281. The minimum atomic E-state index is -0.970. The zero-order valence-electron chi connectivity index (χ0n) is 20.9. The first-order valence-electron chi connectivity index (χ1n) is 13.0. The highest BCUT2D eigenvalue weighted by molar-refractivity contribution is 5.65. The summed E-state index contributed by atoms with van der Waals surface area (Å²) in [5.74, 6) is -0.315. The minimum absolute atomic E-state index is 0.115. The SMILES string of the molecule is C/C=C/Oc1ccc(-c2ccc(CCc3ccc(C4CCC(CCC)CC4)cc3)cc2)c(F)c1F. The molecule has 0 unspecified atom stereocenters. The van der Waals surface area contributed by atoms with Crippen LogP contribution in [0.3, 0.4) is 0 Å². The third-order valence-corrected chi connectivity index (χ3v) is 7.34. The summed E-state index contributed by atoms with van der Waals surface area (Å²) in [6.07, 6.45) is 12.9. The lowest BCUT2D eigenvalue weighted by Crippen LogP contribution is -2.13. The van der Waals surface area contributed by atoms with Crippen molar-refractivity contribution in [3.63, 3.8) is 0 Å². The van der Waals surface area contributed by atoms with Gasteiger partial charge in [-0.2, -0.15) is 4.39 Å². The summed E-state index contributed by atoms with van der Waals surface area (Å²) in [6.45, 7) is 4.04. The number of benzene rings is 3. The van der Waals surface area contributed by atoms with Crippen molar-refractivity contribution in [3.05, 3.63) is 101 Å². The molecule has 4 rings (SSSR count). The van der Waals surface area contributed by atoms with E-state index in [9.17, 15) is 8.78 Å². The van der Waals surface area contributed by atoms with Crippen molar-refractivity contribution in [3.8, 4) is 16.9 Å². The molecule has 1 aliphatic carbocycles. The number of halogens is 2. The Hall–Kier alpha value is -2.94. The molecule has 3 heteroatoms. The van der Waals surface area contributed by atoms with Crippen LogP contribution in [0.25, 0.3) is 11.1 Å². The summed E-state index contributed by atoms with van der Waals surface area (Å²) in [6, 6.07) is 19.9. The third kappa shape index (κ3) is 6.39. The van der Waals surface area contributed by atoms with Gasteiger partial charge >= 0.3 is 0 Å². The topological polar surface area (TPSA) is 9.23 Å². The second kappa shape index (κ2) is 12.2. The van der Waals surface area contributed by atoms with E-state index in [1.165, 1.54) is 67.5 Å². The molecule has 1 nitrogen and oxygen atoms in total. The highest BCUT2D eigenvalue weighted by Crippen LogP contribution is 2.37. The van der Waals surface area contributed by atoms with E-state index in [4.69, 9.17) is 4.74 Å². The molecule has 3 aromatic rings. The van der Waals surface area contributed by atoms with E-state index in [2.05, 4.69) is 31.2 Å². The van der Waals surface area contributed by atoms with Gasteiger partial charge in [0.05, 0.1) is 6.26 Å². The van der Waals surface area contributed by atoms with Crippen LogP contribution in [0.2, 0.25) is 0 Å². The van der Waals surface area contributed by atoms with E-state index in [1.54, 1.807) is 19.1 Å². The Balaban J connectivity index is 1.33. The molecule has 1 saturated carbocycles. The highest BCUT2D eigenvalue weighted by atomic mass is 19.2. The molecule has 1 fully saturated rings. The van der Waals surface area contributed by atoms with E-state index >= 15 is 0 Å². The van der Waals surface area contributed by atoms with Gasteiger partial charge in [0.15, 0.2) is 11.6 Å². The molecule has 0 amide bonds. The molecular formula is C32H36F2O. The summed E-state index contributed by atoms with van der Waals surface area (Å²) in [7, 11) is 0. The number of hydrogen-bond acceptors (Lipinski definition) is 1. The summed E-state index contributed by atoms with van der Waals surface area (Å²) in [5.41, 5.74) is 4.90. The molecule has 0 atom stereocenters. The van der Waals surface area contributed by atoms with E-state index in [1.807, 2.05) is 24.3 Å². The van der Waals surface area contributed by atoms with Crippen molar-refractivity contribution in [1.82, 2.24) is 0 Å². The number of ether oxygens (including phenoxy) is 1. The van der Waals surface area contributed by atoms with Gasteiger partial charge in [-0.15, -0.1) is 0 Å². The van der Waals surface area contributed by atoms with E-state index < -0.39 is 11.6 Å². The van der Waals surface area contributed by atoms with Gasteiger partial charge in [0.25, 0.3) is 0 Å². The van der Waals surface area contributed by atoms with E-state index in [-0.39, 0.29) is 11.3 Å². The number of rotatable bonds is 9. The molecule has 184 valence electrons. The highest BCUT2D eigenvalue weighted by Gasteiger charge is 2.21. The van der Waals surface area contributed by atoms with Crippen LogP contribution in [0, 0.1) is 17.6 Å². The number of aryl methyl sites for hydroxylation is 2. The molecule has 35 heavy (non-hydrogen) atoms. The average Bonchev–Trinajstić information content (AvgIpc) is 2.90. The van der Waals surface area contributed by atoms with Gasteiger partial charge < -0.3 is 4.74 Å². The summed E-state index contributed by atoms with van der Waals surface area (Å²) in [5, 5.41) is 0. The largest absolute Gasteiger partial charge is 0.462 e. The minimum Gasteiger partial charge on any atom is -0.462 e. The Morgan fingerprint density at radius 3 is 2.03 bits per heavy atom. The monoisotopic (exact) mass is 474 g/mol. The maximum absolute atomic E-state index is 14.6. The fraction of sp³-hybridized carbons (Fsp3) is 0.375. The molecule has 0 bridgehead atoms. The molecule has 0 radical (unpaired) electrons. The van der Waals surface area contributed by atoms with Crippen LogP contribution in [-0.2, 0) is 12.8 Å². The van der Waals surface area contributed by atoms with Crippen molar-refractivity contribution in [1.29, 1.82) is 0 Å². The zero-order valence-corrected chi connectivity index (χ0v) is 20.9. The van der Waals surface area contributed by atoms with E-state index in [0.29, 0.717) is 5.56 Å².